The van der Waals surface area contributed by atoms with Crippen LogP contribution in [0.5, 0.6) is 0 Å². The van der Waals surface area contributed by atoms with E-state index in [4.69, 9.17) is 0 Å². The number of anilines is 1. The highest BCUT2D eigenvalue weighted by Gasteiger charge is 2.21. The Bertz CT molecular complexity index is 1180. The number of imidazole rings is 1. The van der Waals surface area contributed by atoms with E-state index in [2.05, 4.69) is 20.6 Å². The summed E-state index contributed by atoms with van der Waals surface area (Å²) in [5, 5.41) is 5.67. The summed E-state index contributed by atoms with van der Waals surface area (Å²) in [4.78, 5) is 34.1. The first-order valence-electron chi connectivity index (χ1n) is 9.15. The highest BCUT2D eigenvalue weighted by molar-refractivity contribution is 6.09. The highest BCUT2D eigenvalue weighted by atomic mass is 16.2. The molecule has 29 heavy (non-hydrogen) atoms. The summed E-state index contributed by atoms with van der Waals surface area (Å²) in [5.41, 5.74) is 3.13. The number of nitrogens with one attached hydrogen (secondary N) is 2. The van der Waals surface area contributed by atoms with Crippen LogP contribution >= 0.6 is 0 Å². The number of hydrogen-bond donors (Lipinski definition) is 2. The van der Waals surface area contributed by atoms with Gasteiger partial charge in [-0.2, -0.15) is 0 Å². The number of fused-ring (bicyclic) bond motifs is 1. The Morgan fingerprint density at radius 3 is 2.55 bits per heavy atom. The van der Waals surface area contributed by atoms with Crippen LogP contribution in [0.3, 0.4) is 0 Å². The zero-order chi connectivity index (χ0) is 20.2. The topological polar surface area (TPSA) is 88.4 Å². The minimum Gasteiger partial charge on any atom is -0.344 e. The van der Waals surface area contributed by atoms with Crippen molar-refractivity contribution < 1.29 is 9.59 Å². The van der Waals surface area contributed by atoms with E-state index in [1.807, 2.05) is 49.4 Å². The van der Waals surface area contributed by atoms with Crippen molar-refractivity contribution in [3.63, 3.8) is 0 Å². The maximum Gasteiger partial charge on any atom is 0.288 e. The minimum atomic E-state index is -0.383. The molecule has 144 valence electrons. The second-order valence-electron chi connectivity index (χ2n) is 6.51. The zero-order valence-corrected chi connectivity index (χ0v) is 15.8. The number of carbonyl (C=O) groups excluding carboxylic acids is 2. The zero-order valence-electron chi connectivity index (χ0n) is 15.8. The van der Waals surface area contributed by atoms with Crippen LogP contribution in [0, 0.1) is 6.92 Å². The molecule has 1 aromatic carbocycles. The Hall–Kier alpha value is -4.00. The Morgan fingerprint density at radius 1 is 0.966 bits per heavy atom. The predicted molar refractivity (Wildman–Crippen MR) is 110 cm³/mol. The molecular formula is C22H19N5O2. The molecule has 2 amide bonds. The van der Waals surface area contributed by atoms with Crippen molar-refractivity contribution in [2.24, 2.45) is 0 Å². The maximum atomic E-state index is 12.9. The van der Waals surface area contributed by atoms with Crippen LogP contribution in [0.15, 0.2) is 73.1 Å². The highest BCUT2D eigenvalue weighted by Crippen LogP contribution is 2.18. The summed E-state index contributed by atoms with van der Waals surface area (Å²) >= 11 is 0. The number of para-hydroxylation sites is 1. The van der Waals surface area contributed by atoms with Crippen molar-refractivity contribution >= 4 is 23.0 Å². The van der Waals surface area contributed by atoms with E-state index in [1.54, 1.807) is 35.0 Å². The predicted octanol–water partition coefficient (Wildman–Crippen LogP) is 3.22. The van der Waals surface area contributed by atoms with E-state index >= 15 is 0 Å². The summed E-state index contributed by atoms with van der Waals surface area (Å²) in [6, 6.07) is 18.3. The molecule has 0 unspecified atom stereocenters. The van der Waals surface area contributed by atoms with E-state index < -0.39 is 0 Å². The van der Waals surface area contributed by atoms with Gasteiger partial charge >= 0.3 is 0 Å². The standard InChI is InChI=1S/C22H19N5O2/c1-15-8-2-3-10-17(15)25-21(28)19-18-11-5-7-13-27(18)20(26-19)22(29)24-14-16-9-4-6-12-23-16/h2-13H,14H2,1H3,(H,24,29)(H,25,28). The number of rotatable bonds is 5. The fourth-order valence-corrected chi connectivity index (χ4v) is 3.01. The van der Waals surface area contributed by atoms with Gasteiger partial charge in [0.2, 0.25) is 5.82 Å². The Balaban J connectivity index is 1.62. The molecule has 0 aliphatic heterocycles. The Labute approximate surface area is 167 Å². The molecule has 0 aliphatic carbocycles. The van der Waals surface area contributed by atoms with Crippen LogP contribution < -0.4 is 10.6 Å². The van der Waals surface area contributed by atoms with Crippen molar-refractivity contribution in [3.8, 4) is 0 Å². The average Bonchev–Trinajstić information content (AvgIpc) is 3.14. The average molecular weight is 385 g/mol. The number of aromatic nitrogens is 3. The second kappa shape index (κ2) is 7.93. The number of hydrogen-bond acceptors (Lipinski definition) is 4. The lowest BCUT2D eigenvalue weighted by Gasteiger charge is -2.06. The van der Waals surface area contributed by atoms with Crippen LogP contribution in [-0.4, -0.2) is 26.2 Å². The fraction of sp³-hybridized carbons (Fsp3) is 0.0909. The third-order valence-corrected chi connectivity index (χ3v) is 4.52. The van der Waals surface area contributed by atoms with E-state index in [0.29, 0.717) is 11.2 Å². The first-order chi connectivity index (χ1) is 14.1. The Morgan fingerprint density at radius 2 is 1.76 bits per heavy atom. The van der Waals surface area contributed by atoms with Crippen LogP contribution in [-0.2, 0) is 6.54 Å². The number of amides is 2. The molecule has 3 heterocycles. The lowest BCUT2D eigenvalue weighted by molar-refractivity contribution is 0.0939. The van der Waals surface area contributed by atoms with Crippen molar-refractivity contribution in [1.82, 2.24) is 19.7 Å². The van der Waals surface area contributed by atoms with Crippen molar-refractivity contribution in [2.75, 3.05) is 5.32 Å². The normalized spacial score (nSPS) is 10.7. The molecule has 7 nitrogen and oxygen atoms in total. The summed E-state index contributed by atoms with van der Waals surface area (Å²) in [6.45, 7) is 2.18. The third-order valence-electron chi connectivity index (χ3n) is 4.52. The lowest BCUT2D eigenvalue weighted by Crippen LogP contribution is -2.25. The van der Waals surface area contributed by atoms with Gasteiger partial charge < -0.3 is 10.6 Å². The van der Waals surface area contributed by atoms with Gasteiger partial charge in [0.1, 0.15) is 0 Å². The number of benzene rings is 1. The SMILES string of the molecule is Cc1ccccc1NC(=O)c1nc(C(=O)NCc2ccccn2)n2ccccc12. The summed E-state index contributed by atoms with van der Waals surface area (Å²) in [7, 11) is 0. The molecule has 0 saturated heterocycles. The second-order valence-corrected chi connectivity index (χ2v) is 6.51. The lowest BCUT2D eigenvalue weighted by atomic mass is 10.2. The molecule has 0 saturated carbocycles. The van der Waals surface area contributed by atoms with Gasteiger partial charge in [-0.3, -0.25) is 19.0 Å². The van der Waals surface area contributed by atoms with Gasteiger partial charge in [-0.15, -0.1) is 0 Å². The number of nitrogens with zero attached hydrogens (tertiary/aromatic N) is 3. The molecule has 4 aromatic rings. The van der Waals surface area contributed by atoms with Gasteiger partial charge in [0.15, 0.2) is 5.69 Å². The third kappa shape index (κ3) is 3.84. The first kappa shape index (κ1) is 18.4. The van der Waals surface area contributed by atoms with E-state index in [-0.39, 0.29) is 29.9 Å². The van der Waals surface area contributed by atoms with Crippen molar-refractivity contribution in [3.05, 3.63) is 95.8 Å². The molecule has 0 aliphatic rings. The summed E-state index contributed by atoms with van der Waals surface area (Å²) in [6.07, 6.45) is 3.38. The molecule has 0 fully saturated rings. The van der Waals surface area contributed by atoms with Gasteiger partial charge in [0.05, 0.1) is 17.8 Å². The largest absolute Gasteiger partial charge is 0.344 e. The molecule has 0 atom stereocenters. The van der Waals surface area contributed by atoms with Crippen molar-refractivity contribution in [2.45, 2.75) is 13.5 Å². The molecule has 0 radical (unpaired) electrons. The van der Waals surface area contributed by atoms with Crippen LogP contribution in [0.2, 0.25) is 0 Å². The van der Waals surface area contributed by atoms with Gasteiger partial charge in [-0.05, 0) is 42.8 Å². The van der Waals surface area contributed by atoms with Crippen LogP contribution in [0.4, 0.5) is 5.69 Å². The van der Waals surface area contributed by atoms with E-state index in [1.165, 1.54) is 0 Å². The van der Waals surface area contributed by atoms with Crippen LogP contribution in [0.1, 0.15) is 32.4 Å². The maximum absolute atomic E-state index is 12.9. The number of aryl methyl sites for hydroxylation is 1. The molecule has 2 N–H and O–H groups in total. The van der Waals surface area contributed by atoms with Crippen molar-refractivity contribution in [1.29, 1.82) is 0 Å². The van der Waals surface area contributed by atoms with E-state index in [9.17, 15) is 9.59 Å². The molecule has 7 heteroatoms. The fourth-order valence-electron chi connectivity index (χ4n) is 3.01. The van der Waals surface area contributed by atoms with Gasteiger partial charge in [-0.1, -0.05) is 30.3 Å². The molecule has 0 bridgehead atoms. The number of pyridine rings is 2. The Kier molecular flexibility index (Phi) is 5.03. The van der Waals surface area contributed by atoms with Gasteiger partial charge in [0, 0.05) is 18.1 Å². The minimum absolute atomic E-state index is 0.145. The monoisotopic (exact) mass is 385 g/mol. The first-order valence-corrected chi connectivity index (χ1v) is 9.15. The van der Waals surface area contributed by atoms with E-state index in [0.717, 1.165) is 11.3 Å². The number of carbonyl (C=O) groups is 2. The molecular weight excluding hydrogens is 366 g/mol. The summed E-state index contributed by atoms with van der Waals surface area (Å²) in [5.74, 6) is -0.606. The summed E-state index contributed by atoms with van der Waals surface area (Å²) < 4.78 is 1.61. The van der Waals surface area contributed by atoms with Gasteiger partial charge in [-0.25, -0.2) is 4.98 Å². The molecule has 3 aromatic heterocycles. The van der Waals surface area contributed by atoms with Gasteiger partial charge in [0.25, 0.3) is 11.8 Å². The molecule has 0 spiro atoms. The quantitative estimate of drug-likeness (QED) is 0.552. The smallest absolute Gasteiger partial charge is 0.288 e. The molecule has 4 rings (SSSR count). The van der Waals surface area contributed by atoms with Crippen LogP contribution in [0.25, 0.3) is 5.52 Å².